The Bertz CT molecular complexity index is 317. The highest BCUT2D eigenvalue weighted by molar-refractivity contribution is 9.10. The van der Waals surface area contributed by atoms with E-state index in [1.807, 2.05) is 0 Å². The molecular formula is C8H8BrFO. The van der Waals surface area contributed by atoms with Gasteiger partial charge in [-0.3, -0.25) is 0 Å². The predicted molar refractivity (Wildman–Crippen MR) is 44.8 cm³/mol. The van der Waals surface area contributed by atoms with Crippen LogP contribution >= 0.6 is 15.9 Å². The van der Waals surface area contributed by atoms with Crippen molar-refractivity contribution in [3.05, 3.63) is 34.1 Å². The Morgan fingerprint density at radius 3 is 3.00 bits per heavy atom. The summed E-state index contributed by atoms with van der Waals surface area (Å²) in [4.78, 5) is 0. The Morgan fingerprint density at radius 2 is 2.45 bits per heavy atom. The number of benzene rings is 1. The smallest absolute Gasteiger partial charge is 0.137 e. The first-order chi connectivity index (χ1) is 5.97. The Hall–Kier alpha value is -0.410. The third-order valence-electron chi connectivity index (χ3n) is 1.14. The molecule has 1 aromatic carbocycles. The highest BCUT2D eigenvalue weighted by Gasteiger charge is 1.98. The topological polar surface area (TPSA) is 9.23 Å². The fourth-order valence-corrected chi connectivity index (χ4v) is 0.924. The lowest BCUT2D eigenvalue weighted by Crippen LogP contribution is -1.88. The first-order valence-electron chi connectivity index (χ1n) is 3.98. The Kier molecular flexibility index (Phi) is 2.14. The van der Waals surface area contributed by atoms with Crippen molar-refractivity contribution >= 4 is 15.9 Å². The number of hydrogen-bond donors (Lipinski definition) is 0. The summed E-state index contributed by atoms with van der Waals surface area (Å²) in [6.07, 6.45) is 0. The van der Waals surface area contributed by atoms with Gasteiger partial charge in [-0.25, -0.2) is 4.39 Å². The maximum Gasteiger partial charge on any atom is 0.137 e. The molecule has 11 heavy (non-hydrogen) atoms. The molecular weight excluding hydrogens is 211 g/mol. The molecule has 0 bridgehead atoms. The molecule has 0 amide bonds. The van der Waals surface area contributed by atoms with E-state index < -0.39 is 12.4 Å². The summed E-state index contributed by atoms with van der Waals surface area (Å²) in [7, 11) is 1.24. The third kappa shape index (κ3) is 2.27. The van der Waals surface area contributed by atoms with Crippen LogP contribution in [0.5, 0.6) is 0 Å². The maximum atomic E-state index is 13.0. The van der Waals surface area contributed by atoms with Gasteiger partial charge in [-0.05, 0) is 33.6 Å². The van der Waals surface area contributed by atoms with Crippen LogP contribution in [0.4, 0.5) is 4.39 Å². The number of hydrogen-bond acceptors (Lipinski definition) is 1. The van der Waals surface area contributed by atoms with E-state index in [2.05, 4.69) is 20.7 Å². The van der Waals surface area contributed by atoms with Crippen molar-refractivity contribution in [3.63, 3.8) is 0 Å². The molecule has 0 aliphatic heterocycles. The molecule has 0 atom stereocenters. The first-order valence-corrected chi connectivity index (χ1v) is 3.77. The van der Waals surface area contributed by atoms with E-state index in [1.165, 1.54) is 19.2 Å². The van der Waals surface area contributed by atoms with E-state index >= 15 is 0 Å². The summed E-state index contributed by atoms with van der Waals surface area (Å²) in [5, 5.41) is 0. The highest BCUT2D eigenvalue weighted by Crippen LogP contribution is 2.16. The van der Waals surface area contributed by atoms with E-state index in [1.54, 1.807) is 0 Å². The summed E-state index contributed by atoms with van der Waals surface area (Å²) in [6, 6.07) is 4.02. The Labute approximate surface area is 76.1 Å². The minimum atomic E-state index is -1.94. The average Bonchev–Trinajstić information content (AvgIpc) is 2.09. The van der Waals surface area contributed by atoms with E-state index in [0.29, 0.717) is 4.47 Å². The van der Waals surface area contributed by atoms with Gasteiger partial charge in [-0.15, -0.1) is 0 Å². The van der Waals surface area contributed by atoms with Gasteiger partial charge in [-0.1, -0.05) is 6.07 Å². The molecule has 60 valence electrons. The van der Waals surface area contributed by atoms with Crippen molar-refractivity contribution in [1.82, 2.24) is 0 Å². The summed E-state index contributed by atoms with van der Waals surface area (Å²) < 4.78 is 32.5. The zero-order chi connectivity index (χ0) is 10.1. The lowest BCUT2D eigenvalue weighted by Gasteiger charge is -1.99. The molecule has 0 spiro atoms. The van der Waals surface area contributed by atoms with Crippen LogP contribution in [0, 0.1) is 5.82 Å². The summed E-state index contributed by atoms with van der Waals surface area (Å²) in [6.45, 7) is -1.94. The SMILES string of the molecule is [2H]C([2H])(OC)c1ccc(Br)c(F)c1. The molecule has 0 aliphatic rings. The molecule has 0 radical (unpaired) electrons. The van der Waals surface area contributed by atoms with Crippen LogP contribution in [0.25, 0.3) is 0 Å². The van der Waals surface area contributed by atoms with Crippen LogP contribution in [0.2, 0.25) is 0 Å². The third-order valence-corrected chi connectivity index (χ3v) is 1.78. The lowest BCUT2D eigenvalue weighted by atomic mass is 10.2. The van der Waals surface area contributed by atoms with Gasteiger partial charge in [0.2, 0.25) is 0 Å². The molecule has 3 heteroatoms. The molecule has 0 N–H and O–H groups in total. The van der Waals surface area contributed by atoms with Crippen LogP contribution in [-0.4, -0.2) is 7.11 Å². The van der Waals surface area contributed by atoms with Crippen LogP contribution in [0.1, 0.15) is 8.30 Å². The second kappa shape index (κ2) is 3.83. The molecule has 1 nitrogen and oxygen atoms in total. The molecule has 1 rings (SSSR count). The molecule has 0 heterocycles. The van der Waals surface area contributed by atoms with E-state index in [0.717, 1.165) is 6.07 Å². The normalized spacial score (nSPS) is 14.1. The van der Waals surface area contributed by atoms with Crippen LogP contribution in [0.3, 0.4) is 0 Å². The van der Waals surface area contributed by atoms with Crippen LogP contribution in [-0.2, 0) is 11.3 Å². The van der Waals surface area contributed by atoms with Crippen molar-refractivity contribution in [3.8, 4) is 0 Å². The number of halogens is 2. The standard InChI is InChI=1S/C8H8BrFO/c1-11-5-6-2-3-7(9)8(10)4-6/h2-4H,5H2,1H3/i5D2. The number of ether oxygens (including phenoxy) is 1. The van der Waals surface area contributed by atoms with Gasteiger partial charge in [0.25, 0.3) is 0 Å². The van der Waals surface area contributed by atoms with Crippen molar-refractivity contribution < 1.29 is 11.9 Å². The second-order valence-corrected chi connectivity index (χ2v) is 2.79. The average molecular weight is 221 g/mol. The summed E-state index contributed by atoms with van der Waals surface area (Å²) >= 11 is 2.98. The minimum absolute atomic E-state index is 0.163. The molecule has 0 unspecified atom stereocenters. The number of rotatable bonds is 2. The van der Waals surface area contributed by atoms with E-state index in [4.69, 9.17) is 2.74 Å². The van der Waals surface area contributed by atoms with Gasteiger partial charge in [0.05, 0.1) is 13.8 Å². The van der Waals surface area contributed by atoms with Gasteiger partial charge in [-0.2, -0.15) is 0 Å². The van der Waals surface area contributed by atoms with E-state index in [9.17, 15) is 4.39 Å². The van der Waals surface area contributed by atoms with Crippen molar-refractivity contribution in [2.45, 2.75) is 6.56 Å². The molecule has 0 saturated heterocycles. The van der Waals surface area contributed by atoms with Crippen molar-refractivity contribution in [1.29, 1.82) is 0 Å². The summed E-state index contributed by atoms with van der Waals surface area (Å²) in [5.41, 5.74) is 0.163. The van der Waals surface area contributed by atoms with Gasteiger partial charge >= 0.3 is 0 Å². The Balaban J connectivity index is 3.10. The molecule has 0 aliphatic carbocycles. The molecule has 1 aromatic rings. The monoisotopic (exact) mass is 220 g/mol. The van der Waals surface area contributed by atoms with Gasteiger partial charge < -0.3 is 4.74 Å². The van der Waals surface area contributed by atoms with Gasteiger partial charge in [0.1, 0.15) is 5.82 Å². The lowest BCUT2D eigenvalue weighted by molar-refractivity contribution is 0.184. The highest BCUT2D eigenvalue weighted by atomic mass is 79.9. The zero-order valence-electron chi connectivity index (χ0n) is 7.90. The van der Waals surface area contributed by atoms with Crippen LogP contribution in [0.15, 0.2) is 22.7 Å². The summed E-state index contributed by atoms with van der Waals surface area (Å²) in [5.74, 6) is -0.501. The fraction of sp³-hybridized carbons (Fsp3) is 0.250. The van der Waals surface area contributed by atoms with E-state index in [-0.39, 0.29) is 5.56 Å². The largest absolute Gasteiger partial charge is 0.380 e. The van der Waals surface area contributed by atoms with Crippen LogP contribution < -0.4 is 0 Å². The first kappa shape index (κ1) is 6.14. The van der Waals surface area contributed by atoms with Gasteiger partial charge in [0.15, 0.2) is 0 Å². The van der Waals surface area contributed by atoms with Gasteiger partial charge in [0, 0.05) is 7.11 Å². The number of methoxy groups -OCH3 is 1. The fourth-order valence-electron chi connectivity index (χ4n) is 0.677. The quantitative estimate of drug-likeness (QED) is 0.745. The minimum Gasteiger partial charge on any atom is -0.380 e. The van der Waals surface area contributed by atoms with Crippen molar-refractivity contribution in [2.75, 3.05) is 7.11 Å². The zero-order valence-corrected chi connectivity index (χ0v) is 7.48. The molecule has 0 fully saturated rings. The Morgan fingerprint density at radius 1 is 1.73 bits per heavy atom. The maximum absolute atomic E-state index is 13.0. The molecule has 0 saturated carbocycles. The predicted octanol–water partition coefficient (Wildman–Crippen LogP) is 2.73. The second-order valence-electron chi connectivity index (χ2n) is 1.94. The van der Waals surface area contributed by atoms with Crippen molar-refractivity contribution in [2.24, 2.45) is 0 Å². The molecule has 0 aromatic heterocycles.